The maximum absolute atomic E-state index is 12.4. The van der Waals surface area contributed by atoms with Crippen LogP contribution in [0.1, 0.15) is 5.56 Å². The van der Waals surface area contributed by atoms with Crippen molar-refractivity contribution in [1.29, 1.82) is 0 Å². The van der Waals surface area contributed by atoms with E-state index in [-0.39, 0.29) is 12.5 Å². The van der Waals surface area contributed by atoms with E-state index >= 15 is 0 Å². The molecule has 120 valence electrons. The largest absolute Gasteiger partial charge is 0.358 e. The van der Waals surface area contributed by atoms with Gasteiger partial charge in [-0.15, -0.1) is 0 Å². The number of nitrogens with one attached hydrogen (secondary N) is 1. The first kappa shape index (κ1) is 15.7. The lowest BCUT2D eigenvalue weighted by molar-refractivity contribution is -0.115. The van der Waals surface area contributed by atoms with E-state index in [9.17, 15) is 4.79 Å². The summed E-state index contributed by atoms with van der Waals surface area (Å²) in [5.41, 5.74) is 2.94. The molecule has 3 aromatic rings. The van der Waals surface area contributed by atoms with Gasteiger partial charge in [0.2, 0.25) is 5.91 Å². The first-order chi connectivity index (χ1) is 11.8. The minimum atomic E-state index is -0.0546. The molecule has 0 bridgehead atoms. The van der Waals surface area contributed by atoms with E-state index in [2.05, 4.69) is 27.3 Å². The summed E-state index contributed by atoms with van der Waals surface area (Å²) in [6.45, 7) is 0.954. The average molecular weight is 317 g/mol. The Morgan fingerprint density at radius 2 is 1.50 bits per heavy atom. The number of para-hydroxylation sites is 1. The predicted octanol–water partition coefficient (Wildman–Crippen LogP) is 3.73. The molecule has 0 radical (unpaired) electrons. The maximum Gasteiger partial charge on any atom is 0.243 e. The van der Waals surface area contributed by atoms with Crippen LogP contribution in [-0.2, 0) is 11.3 Å². The van der Waals surface area contributed by atoms with Crippen LogP contribution >= 0.6 is 0 Å². The summed E-state index contributed by atoms with van der Waals surface area (Å²) in [6, 6.07) is 23.7. The summed E-state index contributed by atoms with van der Waals surface area (Å²) in [5.74, 6) is -0.0546. The molecule has 2 aromatic carbocycles. The molecule has 1 amide bonds. The fourth-order valence-electron chi connectivity index (χ4n) is 2.49. The molecule has 0 aliphatic heterocycles. The standard InChI is InChI=1S/C20H19N3O/c24-20(22-18-11-13-21-14-12-18)16-23(19-9-5-2-6-10-19)15-17-7-3-1-4-8-17/h1-14H,15-16H2,(H,21,22,24). The van der Waals surface area contributed by atoms with Crippen LogP contribution in [0.2, 0.25) is 0 Å². The smallest absolute Gasteiger partial charge is 0.243 e. The van der Waals surface area contributed by atoms with Gasteiger partial charge in [-0.05, 0) is 29.8 Å². The van der Waals surface area contributed by atoms with Gasteiger partial charge in [0, 0.05) is 30.3 Å². The highest BCUT2D eigenvalue weighted by Crippen LogP contribution is 2.17. The van der Waals surface area contributed by atoms with E-state index in [1.807, 2.05) is 48.5 Å². The number of benzene rings is 2. The van der Waals surface area contributed by atoms with Gasteiger partial charge in [-0.2, -0.15) is 0 Å². The van der Waals surface area contributed by atoms with Crippen LogP contribution in [-0.4, -0.2) is 17.4 Å². The van der Waals surface area contributed by atoms with Crippen molar-refractivity contribution in [2.45, 2.75) is 6.54 Å². The van der Waals surface area contributed by atoms with E-state index in [0.29, 0.717) is 6.54 Å². The molecule has 0 fully saturated rings. The van der Waals surface area contributed by atoms with Gasteiger partial charge in [0.05, 0.1) is 6.54 Å². The fraction of sp³-hybridized carbons (Fsp3) is 0.100. The Morgan fingerprint density at radius 1 is 0.875 bits per heavy atom. The van der Waals surface area contributed by atoms with Gasteiger partial charge in [0.1, 0.15) is 0 Å². The van der Waals surface area contributed by atoms with Crippen LogP contribution in [0.15, 0.2) is 85.2 Å². The van der Waals surface area contributed by atoms with Crippen LogP contribution in [0.5, 0.6) is 0 Å². The van der Waals surface area contributed by atoms with Gasteiger partial charge in [0.15, 0.2) is 0 Å². The molecule has 0 aliphatic rings. The molecule has 0 spiro atoms. The molecule has 0 unspecified atom stereocenters. The van der Waals surface area contributed by atoms with Crippen molar-refractivity contribution in [3.05, 3.63) is 90.8 Å². The van der Waals surface area contributed by atoms with Gasteiger partial charge in [-0.3, -0.25) is 9.78 Å². The van der Waals surface area contributed by atoms with Crippen molar-refractivity contribution in [2.24, 2.45) is 0 Å². The second kappa shape index (κ2) is 7.92. The third-order valence-electron chi connectivity index (χ3n) is 3.64. The van der Waals surface area contributed by atoms with Crippen molar-refractivity contribution in [3.63, 3.8) is 0 Å². The Balaban J connectivity index is 1.73. The van der Waals surface area contributed by atoms with Gasteiger partial charge in [0.25, 0.3) is 0 Å². The normalized spacial score (nSPS) is 10.2. The Hall–Kier alpha value is -3.14. The van der Waals surface area contributed by atoms with Crippen molar-refractivity contribution in [1.82, 2.24) is 4.98 Å². The molecular weight excluding hydrogens is 298 g/mol. The van der Waals surface area contributed by atoms with E-state index in [1.165, 1.54) is 0 Å². The molecule has 3 rings (SSSR count). The molecule has 0 atom stereocenters. The summed E-state index contributed by atoms with van der Waals surface area (Å²) in [7, 11) is 0. The second-order valence-corrected chi connectivity index (χ2v) is 5.46. The number of amides is 1. The zero-order valence-corrected chi connectivity index (χ0v) is 13.3. The first-order valence-electron chi connectivity index (χ1n) is 7.85. The van der Waals surface area contributed by atoms with Crippen molar-refractivity contribution >= 4 is 17.3 Å². The highest BCUT2D eigenvalue weighted by atomic mass is 16.2. The Labute approximate surface area is 141 Å². The Morgan fingerprint density at radius 3 is 2.17 bits per heavy atom. The van der Waals surface area contributed by atoms with E-state index in [0.717, 1.165) is 16.9 Å². The fourth-order valence-corrected chi connectivity index (χ4v) is 2.49. The molecule has 0 saturated carbocycles. The highest BCUT2D eigenvalue weighted by Gasteiger charge is 2.12. The molecule has 1 N–H and O–H groups in total. The van der Waals surface area contributed by atoms with Crippen molar-refractivity contribution < 1.29 is 4.79 Å². The van der Waals surface area contributed by atoms with E-state index in [4.69, 9.17) is 0 Å². The number of anilines is 2. The number of rotatable bonds is 6. The first-order valence-corrected chi connectivity index (χ1v) is 7.85. The number of carbonyl (C=O) groups is 1. The summed E-state index contributed by atoms with van der Waals surface area (Å²) >= 11 is 0. The lowest BCUT2D eigenvalue weighted by Crippen LogP contribution is -2.32. The number of carbonyl (C=O) groups excluding carboxylic acids is 1. The Bertz CT molecular complexity index is 761. The summed E-state index contributed by atoms with van der Waals surface area (Å²) in [6.07, 6.45) is 3.32. The highest BCUT2D eigenvalue weighted by molar-refractivity contribution is 5.94. The zero-order valence-electron chi connectivity index (χ0n) is 13.3. The minimum absolute atomic E-state index is 0.0546. The predicted molar refractivity (Wildman–Crippen MR) is 96.8 cm³/mol. The van der Waals surface area contributed by atoms with Crippen LogP contribution in [0.25, 0.3) is 0 Å². The van der Waals surface area contributed by atoms with E-state index < -0.39 is 0 Å². The van der Waals surface area contributed by atoms with Gasteiger partial charge in [-0.25, -0.2) is 0 Å². The molecule has 4 nitrogen and oxygen atoms in total. The maximum atomic E-state index is 12.4. The molecule has 0 aliphatic carbocycles. The van der Waals surface area contributed by atoms with Crippen LogP contribution in [0, 0.1) is 0 Å². The third kappa shape index (κ3) is 4.43. The molecule has 1 heterocycles. The average Bonchev–Trinajstić information content (AvgIpc) is 2.63. The third-order valence-corrected chi connectivity index (χ3v) is 3.64. The second-order valence-electron chi connectivity index (χ2n) is 5.46. The SMILES string of the molecule is O=C(CN(Cc1ccccc1)c1ccccc1)Nc1ccncc1. The van der Waals surface area contributed by atoms with Crippen LogP contribution in [0.3, 0.4) is 0 Å². The molecule has 24 heavy (non-hydrogen) atoms. The van der Waals surface area contributed by atoms with Gasteiger partial charge < -0.3 is 10.2 Å². The van der Waals surface area contributed by atoms with Crippen molar-refractivity contribution in [3.8, 4) is 0 Å². The number of aromatic nitrogens is 1. The molecule has 1 aromatic heterocycles. The number of pyridine rings is 1. The van der Waals surface area contributed by atoms with Crippen LogP contribution in [0.4, 0.5) is 11.4 Å². The van der Waals surface area contributed by atoms with Crippen LogP contribution < -0.4 is 10.2 Å². The zero-order chi connectivity index (χ0) is 16.6. The number of nitrogens with zero attached hydrogens (tertiary/aromatic N) is 2. The minimum Gasteiger partial charge on any atom is -0.358 e. The lowest BCUT2D eigenvalue weighted by atomic mass is 10.2. The molecular formula is C20H19N3O. The number of hydrogen-bond donors (Lipinski definition) is 1. The quantitative estimate of drug-likeness (QED) is 0.753. The summed E-state index contributed by atoms with van der Waals surface area (Å²) < 4.78 is 0. The lowest BCUT2D eigenvalue weighted by Gasteiger charge is -2.24. The topological polar surface area (TPSA) is 45.2 Å². The Kier molecular flexibility index (Phi) is 5.20. The summed E-state index contributed by atoms with van der Waals surface area (Å²) in [5, 5.41) is 2.91. The molecule has 0 saturated heterocycles. The summed E-state index contributed by atoms with van der Waals surface area (Å²) in [4.78, 5) is 18.4. The monoisotopic (exact) mass is 317 g/mol. The van der Waals surface area contributed by atoms with Crippen molar-refractivity contribution in [2.75, 3.05) is 16.8 Å². The number of hydrogen-bond acceptors (Lipinski definition) is 3. The van der Waals surface area contributed by atoms with Gasteiger partial charge >= 0.3 is 0 Å². The van der Waals surface area contributed by atoms with Gasteiger partial charge in [-0.1, -0.05) is 48.5 Å². The van der Waals surface area contributed by atoms with E-state index in [1.54, 1.807) is 24.5 Å². The molecule has 4 heteroatoms.